The van der Waals surface area contributed by atoms with Crippen molar-refractivity contribution < 1.29 is 9.90 Å². The number of hydrogen-bond donors (Lipinski definition) is 1. The Hall–Kier alpha value is -2.75. The summed E-state index contributed by atoms with van der Waals surface area (Å²) in [6, 6.07) is 14.6. The Labute approximate surface area is 141 Å². The molecule has 0 spiro atoms. The Morgan fingerprint density at radius 2 is 1.75 bits per heavy atom. The van der Waals surface area contributed by atoms with Crippen LogP contribution in [-0.2, 0) is 10.2 Å². The minimum atomic E-state index is -0.853. The van der Waals surface area contributed by atoms with Crippen molar-refractivity contribution in [3.63, 3.8) is 0 Å². The van der Waals surface area contributed by atoms with E-state index in [9.17, 15) is 9.90 Å². The van der Waals surface area contributed by atoms with E-state index in [-0.39, 0.29) is 5.41 Å². The molecule has 4 rings (SSSR count). The van der Waals surface area contributed by atoms with Gasteiger partial charge >= 0.3 is 5.97 Å². The van der Waals surface area contributed by atoms with Crippen LogP contribution in [0.5, 0.6) is 0 Å². The quantitative estimate of drug-likeness (QED) is 0.918. The number of carboxylic acid groups (broad SMARTS) is 1. The molecule has 0 radical (unpaired) electrons. The number of carboxylic acids is 1. The van der Waals surface area contributed by atoms with Gasteiger partial charge in [-0.1, -0.05) is 50.2 Å². The highest BCUT2D eigenvalue weighted by Crippen LogP contribution is 2.52. The van der Waals surface area contributed by atoms with Crippen LogP contribution >= 0.6 is 0 Å². The van der Waals surface area contributed by atoms with E-state index in [0.717, 1.165) is 5.69 Å². The van der Waals surface area contributed by atoms with E-state index in [1.165, 1.54) is 22.3 Å². The summed E-state index contributed by atoms with van der Waals surface area (Å²) >= 11 is 0. The molecule has 4 nitrogen and oxygen atoms in total. The molecule has 1 N–H and O–H groups in total. The van der Waals surface area contributed by atoms with E-state index < -0.39 is 12.1 Å². The minimum absolute atomic E-state index is 0.166. The number of anilines is 1. The summed E-state index contributed by atoms with van der Waals surface area (Å²) in [7, 11) is 1.79. The van der Waals surface area contributed by atoms with E-state index in [1.54, 1.807) is 11.9 Å². The molecule has 1 aliphatic carbocycles. The fourth-order valence-electron chi connectivity index (χ4n) is 4.08. The van der Waals surface area contributed by atoms with Gasteiger partial charge in [-0.15, -0.1) is 0 Å². The van der Waals surface area contributed by atoms with Gasteiger partial charge in [0.25, 0.3) is 0 Å². The maximum Gasteiger partial charge on any atom is 0.347 e. The number of fused-ring (bicyclic) bond motifs is 3. The zero-order valence-electron chi connectivity index (χ0n) is 14.0. The van der Waals surface area contributed by atoms with Gasteiger partial charge in [0, 0.05) is 30.5 Å². The van der Waals surface area contributed by atoms with Crippen LogP contribution < -0.4 is 4.90 Å². The van der Waals surface area contributed by atoms with Crippen molar-refractivity contribution in [2.75, 3.05) is 11.9 Å². The summed E-state index contributed by atoms with van der Waals surface area (Å²) in [6.45, 7) is 4.42. The zero-order chi connectivity index (χ0) is 17.1. The Balaban J connectivity index is 1.94. The summed E-state index contributed by atoms with van der Waals surface area (Å²) in [5.74, 6) is -0.853. The Bertz CT molecular complexity index is 870. The van der Waals surface area contributed by atoms with Crippen molar-refractivity contribution in [3.8, 4) is 11.1 Å². The lowest BCUT2D eigenvalue weighted by Crippen LogP contribution is -2.44. The average Bonchev–Trinajstić information content (AvgIpc) is 3.05. The van der Waals surface area contributed by atoms with Crippen LogP contribution in [0.1, 0.15) is 25.0 Å². The molecular formula is C20H20N2O2. The molecule has 0 amide bonds. The highest BCUT2D eigenvalue weighted by atomic mass is 16.4. The molecule has 1 heterocycles. The van der Waals surface area contributed by atoms with E-state index in [0.29, 0.717) is 0 Å². The van der Waals surface area contributed by atoms with Crippen LogP contribution in [-0.4, -0.2) is 29.2 Å². The van der Waals surface area contributed by atoms with Crippen LogP contribution in [0.25, 0.3) is 11.1 Å². The third-order valence-corrected chi connectivity index (χ3v) is 5.17. The van der Waals surface area contributed by atoms with Gasteiger partial charge in [0.1, 0.15) is 0 Å². The van der Waals surface area contributed by atoms with Crippen molar-refractivity contribution in [2.45, 2.75) is 25.4 Å². The second-order valence-corrected chi connectivity index (χ2v) is 6.95. The van der Waals surface area contributed by atoms with Gasteiger partial charge in [0.05, 0.1) is 0 Å². The summed E-state index contributed by atoms with van der Waals surface area (Å²) in [5.41, 5.74) is 5.71. The van der Waals surface area contributed by atoms with Crippen LogP contribution in [0.3, 0.4) is 0 Å². The Kier molecular flexibility index (Phi) is 3.01. The van der Waals surface area contributed by atoms with Crippen molar-refractivity contribution in [2.24, 2.45) is 0 Å². The average molecular weight is 320 g/mol. The fraction of sp³-hybridized carbons (Fsp3) is 0.250. The number of nitrogens with zero attached hydrogens (tertiary/aromatic N) is 2. The Morgan fingerprint density at radius 1 is 1.04 bits per heavy atom. The lowest BCUT2D eigenvalue weighted by molar-refractivity contribution is -0.141. The van der Waals surface area contributed by atoms with E-state index in [1.807, 2.05) is 29.4 Å². The first-order chi connectivity index (χ1) is 11.4. The molecule has 1 unspecified atom stereocenters. The molecule has 4 heteroatoms. The first-order valence-electron chi connectivity index (χ1n) is 8.07. The maximum absolute atomic E-state index is 11.8. The second kappa shape index (κ2) is 4.87. The predicted molar refractivity (Wildman–Crippen MR) is 94.8 cm³/mol. The number of rotatable bonds is 2. The Morgan fingerprint density at radius 3 is 2.50 bits per heavy atom. The molecule has 0 bridgehead atoms. The normalized spacial score (nSPS) is 20.2. The summed E-state index contributed by atoms with van der Waals surface area (Å²) in [4.78, 5) is 15.3. The van der Waals surface area contributed by atoms with Crippen LogP contribution in [0.15, 0.2) is 54.9 Å². The molecule has 1 atom stereocenters. The summed E-state index contributed by atoms with van der Waals surface area (Å²) in [6.07, 6.45) is 2.96. The third kappa shape index (κ3) is 1.83. The van der Waals surface area contributed by atoms with E-state index >= 15 is 0 Å². The molecule has 2 aliphatic rings. The summed E-state index contributed by atoms with van der Waals surface area (Å²) in [5, 5.41) is 9.64. The first-order valence-corrected chi connectivity index (χ1v) is 8.07. The first kappa shape index (κ1) is 14.8. The standard InChI is InChI=1S/C20H20N2O2/c1-20(2)15-9-5-4-7-13(15)14-8-6-10-16(17(14)20)22-12-11-21(3)18(22)19(23)24/h4-12,18H,1-3H3,(H,23,24). The molecule has 0 saturated carbocycles. The molecule has 0 saturated heterocycles. The van der Waals surface area contributed by atoms with Gasteiger partial charge in [-0.05, 0) is 28.3 Å². The molecular weight excluding hydrogens is 300 g/mol. The molecule has 122 valence electrons. The molecule has 24 heavy (non-hydrogen) atoms. The van der Waals surface area contributed by atoms with Crippen LogP contribution in [0.4, 0.5) is 5.69 Å². The lowest BCUT2D eigenvalue weighted by Gasteiger charge is -2.32. The van der Waals surface area contributed by atoms with Gasteiger partial charge in [-0.2, -0.15) is 0 Å². The molecule has 0 aromatic heterocycles. The number of hydrogen-bond acceptors (Lipinski definition) is 3. The highest BCUT2D eigenvalue weighted by Gasteiger charge is 2.41. The SMILES string of the molecule is CN1C=CN(c2cccc3c2C(C)(C)c2ccccc2-3)C1C(=O)O. The molecule has 2 aromatic rings. The number of carbonyl (C=O) groups is 1. The van der Waals surface area contributed by atoms with Crippen LogP contribution in [0, 0.1) is 0 Å². The number of benzene rings is 2. The summed E-state index contributed by atoms with van der Waals surface area (Å²) < 4.78 is 0. The van der Waals surface area contributed by atoms with E-state index in [4.69, 9.17) is 0 Å². The van der Waals surface area contributed by atoms with Gasteiger partial charge in [-0.3, -0.25) is 0 Å². The zero-order valence-corrected chi connectivity index (χ0v) is 14.0. The fourth-order valence-corrected chi connectivity index (χ4v) is 4.08. The van der Waals surface area contributed by atoms with Crippen molar-refractivity contribution in [1.82, 2.24) is 4.90 Å². The molecule has 0 fully saturated rings. The smallest absolute Gasteiger partial charge is 0.347 e. The van der Waals surface area contributed by atoms with Crippen LogP contribution in [0.2, 0.25) is 0 Å². The van der Waals surface area contributed by atoms with Crippen molar-refractivity contribution in [3.05, 3.63) is 66.0 Å². The van der Waals surface area contributed by atoms with Gasteiger partial charge in [0.15, 0.2) is 0 Å². The van der Waals surface area contributed by atoms with Gasteiger partial charge < -0.3 is 14.9 Å². The predicted octanol–water partition coefficient (Wildman–Crippen LogP) is 3.63. The van der Waals surface area contributed by atoms with Crippen molar-refractivity contribution >= 4 is 11.7 Å². The third-order valence-electron chi connectivity index (χ3n) is 5.17. The van der Waals surface area contributed by atoms with Crippen molar-refractivity contribution in [1.29, 1.82) is 0 Å². The second-order valence-electron chi connectivity index (χ2n) is 6.95. The minimum Gasteiger partial charge on any atom is -0.478 e. The maximum atomic E-state index is 11.8. The monoisotopic (exact) mass is 320 g/mol. The topological polar surface area (TPSA) is 43.8 Å². The van der Waals surface area contributed by atoms with Gasteiger partial charge in [-0.25, -0.2) is 4.79 Å². The largest absolute Gasteiger partial charge is 0.478 e. The molecule has 2 aromatic carbocycles. The number of aliphatic carboxylic acids is 1. The lowest BCUT2D eigenvalue weighted by atomic mass is 9.81. The highest BCUT2D eigenvalue weighted by molar-refractivity contribution is 5.88. The number of likely N-dealkylation sites (N-methyl/N-ethyl adjacent to an activating group) is 1. The van der Waals surface area contributed by atoms with E-state index in [2.05, 4.69) is 44.2 Å². The van der Waals surface area contributed by atoms with Gasteiger partial charge in [0.2, 0.25) is 6.17 Å². The molecule has 1 aliphatic heterocycles.